The van der Waals surface area contributed by atoms with Crippen LogP contribution >= 0.6 is 11.6 Å². The summed E-state index contributed by atoms with van der Waals surface area (Å²) in [5.41, 5.74) is 0.182. The molecule has 0 atom stereocenters. The van der Waals surface area contributed by atoms with E-state index < -0.39 is 17.7 Å². The van der Waals surface area contributed by atoms with Crippen LogP contribution in [0.4, 0.5) is 10.5 Å². The number of nitrogens with zero attached hydrogens (tertiary/aromatic N) is 1. The highest BCUT2D eigenvalue weighted by Gasteiger charge is 2.18. The lowest BCUT2D eigenvalue weighted by molar-refractivity contribution is -0.136. The zero-order valence-electron chi connectivity index (χ0n) is 11.6. The lowest BCUT2D eigenvalue weighted by atomic mass is 10.2. The molecule has 1 heterocycles. The van der Waals surface area contributed by atoms with Gasteiger partial charge in [0, 0.05) is 6.42 Å². The molecule has 6 nitrogen and oxygen atoms in total. The zero-order valence-corrected chi connectivity index (χ0v) is 12.3. The van der Waals surface area contributed by atoms with E-state index in [9.17, 15) is 9.59 Å². The summed E-state index contributed by atoms with van der Waals surface area (Å²) in [6.07, 6.45) is -0.560. The zero-order chi connectivity index (χ0) is 15.3. The normalized spacial score (nSPS) is 11.0. The predicted molar refractivity (Wildman–Crippen MR) is 75.1 cm³/mol. The first-order valence-corrected chi connectivity index (χ1v) is 6.42. The Kier molecular flexibility index (Phi) is 5.33. The van der Waals surface area contributed by atoms with Crippen LogP contribution in [0.25, 0.3) is 0 Å². The van der Waals surface area contributed by atoms with E-state index in [2.05, 4.69) is 10.3 Å². The predicted octanol–water partition coefficient (Wildman–Crippen LogP) is 3.10. The van der Waals surface area contributed by atoms with Crippen LogP contribution in [0.2, 0.25) is 5.15 Å². The molecule has 0 saturated carbocycles. The third kappa shape index (κ3) is 5.88. The number of hydrogen-bond acceptors (Lipinski definition) is 4. The molecule has 0 radical (unpaired) electrons. The summed E-state index contributed by atoms with van der Waals surface area (Å²) >= 11 is 5.77. The Morgan fingerprint density at radius 1 is 1.40 bits per heavy atom. The number of halogens is 1. The van der Waals surface area contributed by atoms with Gasteiger partial charge in [0.05, 0.1) is 17.8 Å². The second-order valence-corrected chi connectivity index (χ2v) is 5.54. The van der Waals surface area contributed by atoms with Crippen molar-refractivity contribution in [2.24, 2.45) is 0 Å². The highest BCUT2D eigenvalue weighted by molar-refractivity contribution is 6.29. The van der Waals surface area contributed by atoms with Crippen molar-refractivity contribution < 1.29 is 19.4 Å². The molecule has 0 aromatic carbocycles. The Morgan fingerprint density at radius 3 is 2.60 bits per heavy atom. The maximum absolute atomic E-state index is 11.7. The van der Waals surface area contributed by atoms with E-state index >= 15 is 0 Å². The van der Waals surface area contributed by atoms with E-state index in [1.807, 2.05) is 0 Å². The van der Waals surface area contributed by atoms with Crippen molar-refractivity contribution in [1.82, 2.24) is 4.98 Å². The standard InChI is InChI=1S/C13H17ClN2O4/c1-13(2,3)20-12(19)16-9-4-6-10(14)15-8(9)5-7-11(17)18/h4,6H,5,7H2,1-3H3,(H,16,19)(H,17,18). The summed E-state index contributed by atoms with van der Waals surface area (Å²) in [6.45, 7) is 5.24. The Hall–Kier alpha value is -1.82. The number of carbonyl (C=O) groups excluding carboxylic acids is 1. The van der Waals surface area contributed by atoms with Crippen LogP contribution in [0.15, 0.2) is 12.1 Å². The van der Waals surface area contributed by atoms with Gasteiger partial charge in [0.1, 0.15) is 10.8 Å². The highest BCUT2D eigenvalue weighted by Crippen LogP contribution is 2.19. The number of amides is 1. The van der Waals surface area contributed by atoms with Crippen LogP contribution in [0, 0.1) is 0 Å². The topological polar surface area (TPSA) is 88.5 Å². The first-order chi connectivity index (χ1) is 9.17. The molecule has 1 rings (SSSR count). The number of carboxylic acids is 1. The molecule has 1 aromatic rings. The molecule has 0 aliphatic carbocycles. The molecule has 1 amide bonds. The van der Waals surface area contributed by atoms with Gasteiger partial charge in [-0.3, -0.25) is 10.1 Å². The minimum absolute atomic E-state index is 0.101. The van der Waals surface area contributed by atoms with Crippen molar-refractivity contribution in [3.8, 4) is 0 Å². The van der Waals surface area contributed by atoms with Gasteiger partial charge in [-0.25, -0.2) is 9.78 Å². The van der Waals surface area contributed by atoms with Crippen molar-refractivity contribution in [2.45, 2.75) is 39.2 Å². The molecule has 0 aliphatic heterocycles. The summed E-state index contributed by atoms with van der Waals surface area (Å²) in [6, 6.07) is 3.08. The van der Waals surface area contributed by atoms with Gasteiger partial charge >= 0.3 is 12.1 Å². The summed E-state index contributed by atoms with van der Waals surface area (Å²) in [5.74, 6) is -0.949. The molecule has 0 fully saturated rings. The SMILES string of the molecule is CC(C)(C)OC(=O)Nc1ccc(Cl)nc1CCC(=O)O. The summed E-state index contributed by atoms with van der Waals surface area (Å²) in [7, 11) is 0. The van der Waals surface area contributed by atoms with Gasteiger partial charge in [-0.15, -0.1) is 0 Å². The van der Waals surface area contributed by atoms with E-state index in [0.29, 0.717) is 11.4 Å². The van der Waals surface area contributed by atoms with Crippen LogP contribution in [0.5, 0.6) is 0 Å². The smallest absolute Gasteiger partial charge is 0.412 e. The number of aliphatic carboxylic acids is 1. The van der Waals surface area contributed by atoms with Crippen molar-refractivity contribution in [3.63, 3.8) is 0 Å². The fourth-order valence-corrected chi connectivity index (χ4v) is 1.58. The molecule has 0 saturated heterocycles. The quantitative estimate of drug-likeness (QED) is 0.834. The molecule has 7 heteroatoms. The van der Waals surface area contributed by atoms with E-state index in [-0.39, 0.29) is 18.0 Å². The fourth-order valence-electron chi connectivity index (χ4n) is 1.42. The summed E-state index contributed by atoms with van der Waals surface area (Å²) < 4.78 is 5.13. The lowest BCUT2D eigenvalue weighted by Crippen LogP contribution is -2.27. The Labute approximate surface area is 122 Å². The molecular formula is C13H17ClN2O4. The number of pyridine rings is 1. The maximum atomic E-state index is 11.7. The molecule has 0 unspecified atom stereocenters. The number of carboxylic acid groups (broad SMARTS) is 1. The van der Waals surface area contributed by atoms with Gasteiger partial charge in [0.2, 0.25) is 0 Å². The molecular weight excluding hydrogens is 284 g/mol. The third-order valence-electron chi connectivity index (χ3n) is 2.15. The van der Waals surface area contributed by atoms with Crippen LogP contribution in [-0.2, 0) is 16.0 Å². The molecule has 0 aliphatic rings. The van der Waals surface area contributed by atoms with Gasteiger partial charge in [-0.1, -0.05) is 11.6 Å². The first-order valence-electron chi connectivity index (χ1n) is 6.04. The number of ether oxygens (including phenoxy) is 1. The Bertz CT molecular complexity index is 512. The van der Waals surface area contributed by atoms with Crippen molar-refractivity contribution >= 4 is 29.4 Å². The first kappa shape index (κ1) is 16.2. The van der Waals surface area contributed by atoms with Gasteiger partial charge in [-0.2, -0.15) is 0 Å². The van der Waals surface area contributed by atoms with Gasteiger partial charge in [0.25, 0.3) is 0 Å². The maximum Gasteiger partial charge on any atom is 0.412 e. The molecule has 110 valence electrons. The van der Waals surface area contributed by atoms with Crippen molar-refractivity contribution in [1.29, 1.82) is 0 Å². The van der Waals surface area contributed by atoms with E-state index in [0.717, 1.165) is 0 Å². The number of nitrogens with one attached hydrogen (secondary N) is 1. The monoisotopic (exact) mass is 300 g/mol. The molecule has 0 bridgehead atoms. The minimum atomic E-state index is -0.949. The number of carbonyl (C=O) groups is 2. The number of anilines is 1. The molecule has 2 N–H and O–H groups in total. The highest BCUT2D eigenvalue weighted by atomic mass is 35.5. The van der Waals surface area contributed by atoms with E-state index in [1.165, 1.54) is 6.07 Å². The average Bonchev–Trinajstić information content (AvgIpc) is 2.26. The van der Waals surface area contributed by atoms with Crippen LogP contribution in [0.3, 0.4) is 0 Å². The molecule has 1 aromatic heterocycles. The molecule has 0 spiro atoms. The number of hydrogen-bond donors (Lipinski definition) is 2. The van der Waals surface area contributed by atoms with Crippen LogP contribution < -0.4 is 5.32 Å². The van der Waals surface area contributed by atoms with Crippen molar-refractivity contribution in [2.75, 3.05) is 5.32 Å². The summed E-state index contributed by atoms with van der Waals surface area (Å²) in [4.78, 5) is 26.3. The Morgan fingerprint density at radius 2 is 2.05 bits per heavy atom. The number of rotatable bonds is 4. The van der Waals surface area contributed by atoms with Crippen LogP contribution in [0.1, 0.15) is 32.9 Å². The van der Waals surface area contributed by atoms with Gasteiger partial charge in [-0.05, 0) is 32.9 Å². The fraction of sp³-hybridized carbons (Fsp3) is 0.462. The Balaban J connectivity index is 2.83. The van der Waals surface area contributed by atoms with E-state index in [4.69, 9.17) is 21.4 Å². The molecule has 20 heavy (non-hydrogen) atoms. The number of aryl methyl sites for hydroxylation is 1. The third-order valence-corrected chi connectivity index (χ3v) is 2.36. The van der Waals surface area contributed by atoms with Gasteiger partial charge in [0.15, 0.2) is 0 Å². The number of aromatic nitrogens is 1. The second kappa shape index (κ2) is 6.56. The average molecular weight is 301 g/mol. The summed E-state index contributed by atoms with van der Waals surface area (Å²) in [5, 5.41) is 11.5. The second-order valence-electron chi connectivity index (χ2n) is 5.15. The van der Waals surface area contributed by atoms with Gasteiger partial charge < -0.3 is 9.84 Å². The van der Waals surface area contributed by atoms with Crippen LogP contribution in [-0.4, -0.2) is 27.8 Å². The lowest BCUT2D eigenvalue weighted by Gasteiger charge is -2.20. The largest absolute Gasteiger partial charge is 0.481 e. The minimum Gasteiger partial charge on any atom is -0.481 e. The van der Waals surface area contributed by atoms with Crippen molar-refractivity contribution in [3.05, 3.63) is 23.0 Å². The van der Waals surface area contributed by atoms with E-state index in [1.54, 1.807) is 26.8 Å².